The Hall–Kier alpha value is -2.02. The lowest BCUT2D eigenvalue weighted by Crippen LogP contribution is -2.14. The molecular formula is C13H18N4O2S. The van der Waals surface area contributed by atoms with Crippen LogP contribution in [0.3, 0.4) is 0 Å². The van der Waals surface area contributed by atoms with Gasteiger partial charge in [0, 0.05) is 17.4 Å². The zero-order valence-electron chi connectivity index (χ0n) is 11.6. The van der Waals surface area contributed by atoms with Crippen LogP contribution < -0.4 is 10.5 Å². The van der Waals surface area contributed by atoms with Gasteiger partial charge in [-0.3, -0.25) is 9.82 Å². The number of aryl methyl sites for hydroxylation is 1. The monoisotopic (exact) mass is 294 g/mol. The minimum absolute atomic E-state index is 0.159. The van der Waals surface area contributed by atoms with Crippen LogP contribution in [-0.2, 0) is 10.0 Å². The standard InChI is InChI=1S/C13H18N4O2S/c1-8(2)11-7-13(16-15-11)17-20(18,19)12-6-10(14)5-4-9(12)3/h4-8H,14H2,1-3H3,(H2,15,16,17). The number of aromatic amines is 1. The van der Waals surface area contributed by atoms with Crippen molar-refractivity contribution < 1.29 is 8.42 Å². The second-order valence-electron chi connectivity index (χ2n) is 4.99. The highest BCUT2D eigenvalue weighted by atomic mass is 32.2. The summed E-state index contributed by atoms with van der Waals surface area (Å²) in [4.78, 5) is 0.159. The van der Waals surface area contributed by atoms with Crippen molar-refractivity contribution >= 4 is 21.5 Å². The second kappa shape index (κ2) is 5.16. The largest absolute Gasteiger partial charge is 0.399 e. The molecule has 0 unspecified atom stereocenters. The van der Waals surface area contributed by atoms with Crippen LogP contribution in [0, 0.1) is 6.92 Å². The number of nitrogens with one attached hydrogen (secondary N) is 2. The van der Waals surface area contributed by atoms with Crippen LogP contribution in [0.1, 0.15) is 31.0 Å². The molecule has 0 radical (unpaired) electrons. The van der Waals surface area contributed by atoms with E-state index in [1.54, 1.807) is 25.1 Å². The van der Waals surface area contributed by atoms with Gasteiger partial charge in [0.1, 0.15) is 0 Å². The van der Waals surface area contributed by atoms with Crippen molar-refractivity contribution in [3.63, 3.8) is 0 Å². The SMILES string of the molecule is Cc1ccc(N)cc1S(=O)(=O)Nc1cc(C(C)C)[nH]n1. The van der Waals surface area contributed by atoms with Gasteiger partial charge in [0.2, 0.25) is 0 Å². The summed E-state index contributed by atoms with van der Waals surface area (Å²) in [6.45, 7) is 5.71. The molecule has 0 atom stereocenters. The Kier molecular flexibility index (Phi) is 3.71. The van der Waals surface area contributed by atoms with E-state index < -0.39 is 10.0 Å². The van der Waals surface area contributed by atoms with E-state index in [1.807, 2.05) is 13.8 Å². The molecule has 0 spiro atoms. The van der Waals surface area contributed by atoms with Gasteiger partial charge in [-0.2, -0.15) is 5.10 Å². The maximum Gasteiger partial charge on any atom is 0.263 e. The van der Waals surface area contributed by atoms with Gasteiger partial charge in [0.05, 0.1) is 4.90 Å². The Morgan fingerprint density at radius 2 is 2.00 bits per heavy atom. The van der Waals surface area contributed by atoms with Crippen LogP contribution in [0.15, 0.2) is 29.2 Å². The van der Waals surface area contributed by atoms with Crippen molar-refractivity contribution in [3.05, 3.63) is 35.5 Å². The molecule has 0 amide bonds. The third-order valence-corrected chi connectivity index (χ3v) is 4.46. The average molecular weight is 294 g/mol. The molecule has 0 bridgehead atoms. The molecular weight excluding hydrogens is 276 g/mol. The fourth-order valence-electron chi connectivity index (χ4n) is 1.78. The van der Waals surface area contributed by atoms with Crippen molar-refractivity contribution in [2.75, 3.05) is 10.5 Å². The van der Waals surface area contributed by atoms with Gasteiger partial charge in [-0.15, -0.1) is 0 Å². The van der Waals surface area contributed by atoms with Crippen LogP contribution in [0.4, 0.5) is 11.5 Å². The predicted molar refractivity (Wildman–Crippen MR) is 79.1 cm³/mol. The zero-order valence-corrected chi connectivity index (χ0v) is 12.5. The highest BCUT2D eigenvalue weighted by molar-refractivity contribution is 7.92. The molecule has 0 aliphatic carbocycles. The van der Waals surface area contributed by atoms with Crippen molar-refractivity contribution in [2.24, 2.45) is 0 Å². The van der Waals surface area contributed by atoms with Gasteiger partial charge in [0.25, 0.3) is 10.0 Å². The lowest BCUT2D eigenvalue weighted by molar-refractivity contribution is 0.600. The summed E-state index contributed by atoms with van der Waals surface area (Å²) >= 11 is 0. The van der Waals surface area contributed by atoms with Crippen LogP contribution in [0.5, 0.6) is 0 Å². The molecule has 20 heavy (non-hydrogen) atoms. The Bertz CT molecular complexity index is 720. The van der Waals surface area contributed by atoms with Crippen LogP contribution in [0.2, 0.25) is 0 Å². The molecule has 1 aromatic carbocycles. The Morgan fingerprint density at radius 1 is 1.30 bits per heavy atom. The number of benzene rings is 1. The molecule has 0 fully saturated rings. The highest BCUT2D eigenvalue weighted by Crippen LogP contribution is 2.22. The first kappa shape index (κ1) is 14.4. The Balaban J connectivity index is 2.33. The van der Waals surface area contributed by atoms with E-state index in [0.717, 1.165) is 5.69 Å². The van der Waals surface area contributed by atoms with Gasteiger partial charge >= 0.3 is 0 Å². The summed E-state index contributed by atoms with van der Waals surface area (Å²) in [6.07, 6.45) is 0. The van der Waals surface area contributed by atoms with E-state index in [4.69, 9.17) is 5.73 Å². The molecule has 0 aliphatic heterocycles. The number of H-pyrrole nitrogens is 1. The number of sulfonamides is 1. The summed E-state index contributed by atoms with van der Waals surface area (Å²) in [5.41, 5.74) is 7.55. The van der Waals surface area contributed by atoms with Gasteiger partial charge in [-0.1, -0.05) is 19.9 Å². The molecule has 0 saturated carbocycles. The van der Waals surface area contributed by atoms with Gasteiger partial charge in [-0.05, 0) is 30.5 Å². The lowest BCUT2D eigenvalue weighted by atomic mass is 10.1. The number of hydrogen-bond donors (Lipinski definition) is 3. The van der Waals surface area contributed by atoms with E-state index in [2.05, 4.69) is 14.9 Å². The summed E-state index contributed by atoms with van der Waals surface area (Å²) in [5, 5.41) is 6.76. The van der Waals surface area contributed by atoms with Gasteiger partial charge < -0.3 is 5.73 Å². The molecule has 4 N–H and O–H groups in total. The molecule has 108 valence electrons. The minimum Gasteiger partial charge on any atom is -0.399 e. The maximum atomic E-state index is 12.3. The van der Waals surface area contributed by atoms with E-state index in [9.17, 15) is 8.42 Å². The number of aromatic nitrogens is 2. The van der Waals surface area contributed by atoms with Crippen molar-refractivity contribution in [1.82, 2.24) is 10.2 Å². The predicted octanol–water partition coefficient (Wildman–Crippen LogP) is 2.22. The molecule has 6 nitrogen and oxygen atoms in total. The highest BCUT2D eigenvalue weighted by Gasteiger charge is 2.19. The third-order valence-electron chi connectivity index (χ3n) is 2.96. The quantitative estimate of drug-likeness (QED) is 0.752. The van der Waals surface area contributed by atoms with Crippen LogP contribution in [0.25, 0.3) is 0 Å². The first-order valence-corrected chi connectivity index (χ1v) is 7.72. The number of anilines is 2. The number of nitrogens with two attached hydrogens (primary N) is 1. The summed E-state index contributed by atoms with van der Waals surface area (Å²) in [6, 6.07) is 6.46. The fraction of sp³-hybridized carbons (Fsp3) is 0.308. The summed E-state index contributed by atoms with van der Waals surface area (Å²) < 4.78 is 27.1. The van der Waals surface area contributed by atoms with Crippen LogP contribution >= 0.6 is 0 Å². The first-order valence-electron chi connectivity index (χ1n) is 6.24. The smallest absolute Gasteiger partial charge is 0.263 e. The number of hydrogen-bond acceptors (Lipinski definition) is 4. The Morgan fingerprint density at radius 3 is 2.60 bits per heavy atom. The topological polar surface area (TPSA) is 101 Å². The molecule has 2 rings (SSSR count). The fourth-order valence-corrected chi connectivity index (χ4v) is 3.06. The molecule has 1 heterocycles. The number of rotatable bonds is 4. The molecule has 1 aromatic heterocycles. The Labute approximate surface area is 118 Å². The summed E-state index contributed by atoms with van der Waals surface area (Å²) in [5.74, 6) is 0.519. The molecule has 0 saturated heterocycles. The lowest BCUT2D eigenvalue weighted by Gasteiger charge is -2.09. The summed E-state index contributed by atoms with van der Waals surface area (Å²) in [7, 11) is -3.69. The first-order chi connectivity index (χ1) is 9.29. The molecule has 2 aromatic rings. The van der Waals surface area contributed by atoms with E-state index in [-0.39, 0.29) is 16.6 Å². The van der Waals surface area contributed by atoms with Crippen molar-refractivity contribution in [3.8, 4) is 0 Å². The van der Waals surface area contributed by atoms with E-state index in [1.165, 1.54) is 6.07 Å². The number of nitrogen functional groups attached to an aromatic ring is 1. The normalized spacial score (nSPS) is 11.8. The molecule has 0 aliphatic rings. The average Bonchev–Trinajstić information content (AvgIpc) is 2.80. The van der Waals surface area contributed by atoms with Gasteiger partial charge in [0.15, 0.2) is 5.82 Å². The van der Waals surface area contributed by atoms with E-state index in [0.29, 0.717) is 11.3 Å². The molecule has 7 heteroatoms. The maximum absolute atomic E-state index is 12.3. The van der Waals surface area contributed by atoms with Crippen molar-refractivity contribution in [1.29, 1.82) is 0 Å². The van der Waals surface area contributed by atoms with E-state index >= 15 is 0 Å². The second-order valence-corrected chi connectivity index (χ2v) is 6.64. The van der Waals surface area contributed by atoms with Gasteiger partial charge in [-0.25, -0.2) is 8.42 Å². The minimum atomic E-state index is -3.69. The zero-order chi connectivity index (χ0) is 14.9. The number of nitrogens with zero attached hydrogens (tertiary/aromatic N) is 1. The van der Waals surface area contributed by atoms with Crippen molar-refractivity contribution in [2.45, 2.75) is 31.6 Å². The van der Waals surface area contributed by atoms with Crippen LogP contribution in [-0.4, -0.2) is 18.6 Å². The third kappa shape index (κ3) is 2.93.